The Morgan fingerprint density at radius 3 is 2.48 bits per heavy atom. The third-order valence-electron chi connectivity index (χ3n) is 3.67. The molecule has 0 saturated heterocycles. The van der Waals surface area contributed by atoms with E-state index in [4.69, 9.17) is 9.84 Å². The molecule has 0 spiro atoms. The highest BCUT2D eigenvalue weighted by Gasteiger charge is 2.13. The first kappa shape index (κ1) is 17.0. The third kappa shape index (κ3) is 5.11. The van der Waals surface area contributed by atoms with E-state index in [1.807, 2.05) is 49.4 Å². The Hall–Kier alpha value is -2.33. The van der Waals surface area contributed by atoms with E-state index in [2.05, 4.69) is 12.1 Å². The lowest BCUT2D eigenvalue weighted by atomic mass is 10.0. The van der Waals surface area contributed by atoms with E-state index < -0.39 is 0 Å². The maximum atomic E-state index is 12.1. The largest absolute Gasteiger partial charge is 0.483 e. The molecule has 2 aromatic carbocycles. The molecule has 0 aliphatic heterocycles. The predicted octanol–water partition coefficient (Wildman–Crippen LogP) is 2.50. The Morgan fingerprint density at radius 1 is 1.09 bits per heavy atom. The fourth-order valence-corrected chi connectivity index (χ4v) is 2.42. The summed E-state index contributed by atoms with van der Waals surface area (Å²) in [5.41, 5.74) is 2.25. The maximum Gasteiger partial charge on any atom is 0.260 e. The van der Waals surface area contributed by atoms with Gasteiger partial charge < -0.3 is 14.7 Å². The highest BCUT2D eigenvalue weighted by Crippen LogP contribution is 2.21. The second-order valence-corrected chi connectivity index (χ2v) is 5.26. The SMILES string of the molecule is CCN(CCO)C(=O)COc1ccccc1Cc1ccccc1. The van der Waals surface area contributed by atoms with Crippen molar-refractivity contribution in [3.05, 3.63) is 65.7 Å². The van der Waals surface area contributed by atoms with Crippen LogP contribution in [-0.2, 0) is 11.2 Å². The monoisotopic (exact) mass is 313 g/mol. The number of para-hydroxylation sites is 1. The van der Waals surface area contributed by atoms with Gasteiger partial charge in [0.1, 0.15) is 5.75 Å². The van der Waals surface area contributed by atoms with Crippen LogP contribution in [0.15, 0.2) is 54.6 Å². The molecule has 1 amide bonds. The van der Waals surface area contributed by atoms with Crippen LogP contribution in [0.5, 0.6) is 5.75 Å². The number of hydrogen-bond acceptors (Lipinski definition) is 3. The van der Waals surface area contributed by atoms with Gasteiger partial charge >= 0.3 is 0 Å². The van der Waals surface area contributed by atoms with Crippen LogP contribution < -0.4 is 4.74 Å². The van der Waals surface area contributed by atoms with Gasteiger partial charge in [0.15, 0.2) is 6.61 Å². The smallest absolute Gasteiger partial charge is 0.260 e. The molecule has 2 rings (SSSR count). The fraction of sp³-hybridized carbons (Fsp3) is 0.316. The van der Waals surface area contributed by atoms with Crippen molar-refractivity contribution in [1.82, 2.24) is 4.90 Å². The molecule has 0 unspecified atom stereocenters. The Morgan fingerprint density at radius 2 is 1.78 bits per heavy atom. The molecule has 0 fully saturated rings. The van der Waals surface area contributed by atoms with Crippen LogP contribution in [0.4, 0.5) is 0 Å². The minimum atomic E-state index is -0.115. The first-order valence-electron chi connectivity index (χ1n) is 7.88. The minimum absolute atomic E-state index is 0.0142. The standard InChI is InChI=1S/C19H23NO3/c1-2-20(12-13-21)19(22)15-23-18-11-7-6-10-17(18)14-16-8-4-3-5-9-16/h3-11,21H,2,12-15H2,1H3. The molecule has 4 nitrogen and oxygen atoms in total. The summed E-state index contributed by atoms with van der Waals surface area (Å²) < 4.78 is 5.73. The first-order chi connectivity index (χ1) is 11.2. The molecular formula is C19H23NO3. The molecule has 23 heavy (non-hydrogen) atoms. The topological polar surface area (TPSA) is 49.8 Å². The van der Waals surface area contributed by atoms with Crippen molar-refractivity contribution in [3.8, 4) is 5.75 Å². The van der Waals surface area contributed by atoms with Crippen molar-refractivity contribution in [2.24, 2.45) is 0 Å². The van der Waals surface area contributed by atoms with E-state index in [9.17, 15) is 4.79 Å². The molecule has 0 saturated carbocycles. The lowest BCUT2D eigenvalue weighted by Gasteiger charge is -2.20. The highest BCUT2D eigenvalue weighted by atomic mass is 16.5. The van der Waals surface area contributed by atoms with E-state index in [1.165, 1.54) is 5.56 Å². The summed E-state index contributed by atoms with van der Waals surface area (Å²) >= 11 is 0. The van der Waals surface area contributed by atoms with E-state index in [0.717, 1.165) is 17.7 Å². The van der Waals surface area contributed by atoms with Crippen LogP contribution in [-0.4, -0.2) is 42.2 Å². The molecule has 4 heteroatoms. The number of hydrogen-bond donors (Lipinski definition) is 1. The van der Waals surface area contributed by atoms with Gasteiger partial charge in [-0.1, -0.05) is 48.5 Å². The van der Waals surface area contributed by atoms with E-state index in [0.29, 0.717) is 13.1 Å². The molecule has 1 N–H and O–H groups in total. The first-order valence-corrected chi connectivity index (χ1v) is 7.88. The van der Waals surface area contributed by atoms with Crippen LogP contribution in [0.2, 0.25) is 0 Å². The van der Waals surface area contributed by atoms with Gasteiger partial charge in [0.2, 0.25) is 0 Å². The summed E-state index contributed by atoms with van der Waals surface area (Å²) in [5, 5.41) is 8.98. The van der Waals surface area contributed by atoms with E-state index in [1.54, 1.807) is 4.90 Å². The number of nitrogens with zero attached hydrogens (tertiary/aromatic N) is 1. The predicted molar refractivity (Wildman–Crippen MR) is 90.5 cm³/mol. The summed E-state index contributed by atoms with van der Waals surface area (Å²) in [6.45, 7) is 2.74. The molecule has 0 aliphatic rings. The number of carbonyl (C=O) groups excluding carboxylic acids is 1. The average molecular weight is 313 g/mol. The number of ether oxygens (including phenoxy) is 1. The second-order valence-electron chi connectivity index (χ2n) is 5.26. The van der Waals surface area contributed by atoms with E-state index in [-0.39, 0.29) is 19.1 Å². The van der Waals surface area contributed by atoms with Gasteiger partial charge in [-0.2, -0.15) is 0 Å². The third-order valence-corrected chi connectivity index (χ3v) is 3.67. The number of rotatable bonds is 8. The molecule has 0 aromatic heterocycles. The van der Waals surface area contributed by atoms with Crippen LogP contribution >= 0.6 is 0 Å². The van der Waals surface area contributed by atoms with Crippen molar-refractivity contribution in [2.45, 2.75) is 13.3 Å². The molecule has 0 bridgehead atoms. The maximum absolute atomic E-state index is 12.1. The Balaban J connectivity index is 2.01. The number of amides is 1. The zero-order chi connectivity index (χ0) is 16.5. The summed E-state index contributed by atoms with van der Waals surface area (Å²) in [4.78, 5) is 13.7. The lowest BCUT2D eigenvalue weighted by Crippen LogP contribution is -2.36. The van der Waals surface area contributed by atoms with Gasteiger partial charge in [-0.05, 0) is 24.1 Å². The summed E-state index contributed by atoms with van der Waals surface area (Å²) in [6, 6.07) is 17.9. The average Bonchev–Trinajstić information content (AvgIpc) is 2.59. The summed E-state index contributed by atoms with van der Waals surface area (Å²) in [7, 11) is 0. The Bertz CT molecular complexity index is 613. The lowest BCUT2D eigenvalue weighted by molar-refractivity contribution is -0.133. The van der Waals surface area contributed by atoms with Crippen molar-refractivity contribution >= 4 is 5.91 Å². The van der Waals surface area contributed by atoms with Gasteiger partial charge in [-0.15, -0.1) is 0 Å². The molecule has 0 aliphatic carbocycles. The van der Waals surface area contributed by atoms with Crippen molar-refractivity contribution in [3.63, 3.8) is 0 Å². The van der Waals surface area contributed by atoms with Crippen molar-refractivity contribution in [2.75, 3.05) is 26.3 Å². The number of aliphatic hydroxyl groups excluding tert-OH is 1. The van der Waals surface area contributed by atoms with Gasteiger partial charge in [-0.3, -0.25) is 4.79 Å². The van der Waals surface area contributed by atoms with Gasteiger partial charge in [0.05, 0.1) is 6.61 Å². The molecule has 0 atom stereocenters. The molecular weight excluding hydrogens is 290 g/mol. The number of carbonyl (C=O) groups is 1. The van der Waals surface area contributed by atoms with Crippen LogP contribution in [0, 0.1) is 0 Å². The molecule has 0 heterocycles. The van der Waals surface area contributed by atoms with Gasteiger partial charge in [0, 0.05) is 19.5 Å². The van der Waals surface area contributed by atoms with Crippen LogP contribution in [0.3, 0.4) is 0 Å². The number of aliphatic hydroxyl groups is 1. The summed E-state index contributed by atoms with van der Waals surface area (Å²) in [5.74, 6) is 0.612. The van der Waals surface area contributed by atoms with E-state index >= 15 is 0 Å². The zero-order valence-electron chi connectivity index (χ0n) is 13.4. The highest BCUT2D eigenvalue weighted by molar-refractivity contribution is 5.77. The number of likely N-dealkylation sites (N-methyl/N-ethyl adjacent to an activating group) is 1. The quantitative estimate of drug-likeness (QED) is 0.814. The normalized spacial score (nSPS) is 10.3. The van der Waals surface area contributed by atoms with Crippen molar-refractivity contribution in [1.29, 1.82) is 0 Å². The molecule has 122 valence electrons. The van der Waals surface area contributed by atoms with Gasteiger partial charge in [0.25, 0.3) is 5.91 Å². The minimum Gasteiger partial charge on any atom is -0.483 e. The zero-order valence-corrected chi connectivity index (χ0v) is 13.4. The Kier molecular flexibility index (Phi) is 6.63. The summed E-state index contributed by atoms with van der Waals surface area (Å²) in [6.07, 6.45) is 0.763. The van der Waals surface area contributed by atoms with Gasteiger partial charge in [-0.25, -0.2) is 0 Å². The molecule has 2 aromatic rings. The van der Waals surface area contributed by atoms with Crippen LogP contribution in [0.1, 0.15) is 18.1 Å². The second kappa shape index (κ2) is 8.96. The number of benzene rings is 2. The fourth-order valence-electron chi connectivity index (χ4n) is 2.42. The molecule has 0 radical (unpaired) electrons. The van der Waals surface area contributed by atoms with Crippen LogP contribution in [0.25, 0.3) is 0 Å². The van der Waals surface area contributed by atoms with Crippen molar-refractivity contribution < 1.29 is 14.6 Å². The Labute approximate surface area is 137 Å².